The lowest BCUT2D eigenvalue weighted by atomic mass is 10.1. The van der Waals surface area contributed by atoms with E-state index in [0.717, 1.165) is 22.5 Å². The molecule has 0 saturated heterocycles. The molecule has 0 atom stereocenters. The van der Waals surface area contributed by atoms with Gasteiger partial charge in [0.15, 0.2) is 5.82 Å². The van der Waals surface area contributed by atoms with E-state index in [1.54, 1.807) is 6.92 Å². The van der Waals surface area contributed by atoms with Gasteiger partial charge in [0.25, 0.3) is 5.89 Å². The molecule has 5 nitrogen and oxygen atoms in total. The van der Waals surface area contributed by atoms with Crippen LogP contribution in [0.3, 0.4) is 0 Å². The second-order valence-electron chi connectivity index (χ2n) is 4.87. The molecule has 0 radical (unpaired) electrons. The van der Waals surface area contributed by atoms with Gasteiger partial charge in [0.1, 0.15) is 0 Å². The van der Waals surface area contributed by atoms with E-state index >= 15 is 0 Å². The Bertz CT molecular complexity index is 734. The Morgan fingerprint density at radius 2 is 1.95 bits per heavy atom. The normalized spacial score (nSPS) is 10.6. The summed E-state index contributed by atoms with van der Waals surface area (Å²) in [6.45, 7) is 4.47. The first-order valence-corrected chi connectivity index (χ1v) is 6.77. The van der Waals surface area contributed by atoms with E-state index in [1.807, 2.05) is 43.5 Å². The van der Waals surface area contributed by atoms with Gasteiger partial charge in [-0.2, -0.15) is 4.98 Å². The van der Waals surface area contributed by atoms with Crippen LogP contribution >= 0.6 is 0 Å². The number of hydrogen-bond donors (Lipinski definition) is 1. The SMILES string of the molecule is Cc1ccc(CNc2ccccc2-c2nc(C)no2)nc1. The fourth-order valence-corrected chi connectivity index (χ4v) is 2.02. The molecule has 0 aliphatic carbocycles. The zero-order valence-corrected chi connectivity index (χ0v) is 12.0. The maximum atomic E-state index is 5.24. The van der Waals surface area contributed by atoms with Crippen LogP contribution in [0.25, 0.3) is 11.5 Å². The second-order valence-corrected chi connectivity index (χ2v) is 4.87. The van der Waals surface area contributed by atoms with Crippen LogP contribution in [-0.4, -0.2) is 15.1 Å². The van der Waals surface area contributed by atoms with Crippen LogP contribution in [0.2, 0.25) is 0 Å². The lowest BCUT2D eigenvalue weighted by molar-refractivity contribution is 0.426. The number of nitrogens with zero attached hydrogens (tertiary/aromatic N) is 3. The molecule has 0 spiro atoms. The zero-order chi connectivity index (χ0) is 14.7. The first-order valence-electron chi connectivity index (χ1n) is 6.77. The molecule has 0 aliphatic heterocycles. The van der Waals surface area contributed by atoms with Crippen molar-refractivity contribution in [3.63, 3.8) is 0 Å². The molecule has 3 rings (SSSR count). The van der Waals surface area contributed by atoms with Crippen LogP contribution in [0.1, 0.15) is 17.1 Å². The number of rotatable bonds is 4. The molecule has 1 N–H and O–H groups in total. The maximum absolute atomic E-state index is 5.24. The van der Waals surface area contributed by atoms with Gasteiger partial charge in [-0.25, -0.2) is 0 Å². The van der Waals surface area contributed by atoms with Gasteiger partial charge in [0.05, 0.1) is 17.8 Å². The average Bonchev–Trinajstić information content (AvgIpc) is 2.93. The van der Waals surface area contributed by atoms with Crippen LogP contribution < -0.4 is 5.32 Å². The minimum absolute atomic E-state index is 0.521. The van der Waals surface area contributed by atoms with E-state index in [-0.39, 0.29) is 0 Å². The van der Waals surface area contributed by atoms with Crippen molar-refractivity contribution in [3.8, 4) is 11.5 Å². The van der Waals surface area contributed by atoms with Gasteiger partial charge in [-0.15, -0.1) is 0 Å². The Hall–Kier alpha value is -2.69. The van der Waals surface area contributed by atoms with E-state index < -0.39 is 0 Å². The number of benzene rings is 1. The number of nitrogens with one attached hydrogen (secondary N) is 1. The Labute approximate surface area is 123 Å². The average molecular weight is 280 g/mol. The molecule has 2 aromatic heterocycles. The fourth-order valence-electron chi connectivity index (χ4n) is 2.02. The zero-order valence-electron chi connectivity index (χ0n) is 12.0. The van der Waals surface area contributed by atoms with Gasteiger partial charge < -0.3 is 9.84 Å². The molecule has 0 aliphatic rings. The topological polar surface area (TPSA) is 63.8 Å². The van der Waals surface area contributed by atoms with Gasteiger partial charge in [-0.05, 0) is 37.6 Å². The van der Waals surface area contributed by atoms with Crippen LogP contribution in [-0.2, 0) is 6.54 Å². The van der Waals surface area contributed by atoms with E-state index in [9.17, 15) is 0 Å². The van der Waals surface area contributed by atoms with Crippen LogP contribution in [0.5, 0.6) is 0 Å². The summed E-state index contributed by atoms with van der Waals surface area (Å²) in [6.07, 6.45) is 1.87. The molecule has 5 heteroatoms. The van der Waals surface area contributed by atoms with Crippen molar-refractivity contribution in [2.75, 3.05) is 5.32 Å². The fraction of sp³-hybridized carbons (Fsp3) is 0.188. The Morgan fingerprint density at radius 3 is 2.67 bits per heavy atom. The van der Waals surface area contributed by atoms with Crippen molar-refractivity contribution >= 4 is 5.69 Å². The molecule has 3 aromatic rings. The summed E-state index contributed by atoms with van der Waals surface area (Å²) in [6, 6.07) is 11.9. The van der Waals surface area contributed by atoms with Crippen molar-refractivity contribution in [3.05, 3.63) is 59.7 Å². The highest BCUT2D eigenvalue weighted by Crippen LogP contribution is 2.26. The molecule has 0 bridgehead atoms. The molecule has 1 aromatic carbocycles. The standard InChI is InChI=1S/C16H16N4O/c1-11-7-8-13(17-9-11)10-18-15-6-4-3-5-14(15)16-19-12(2)20-21-16/h3-9,18H,10H2,1-2H3. The van der Waals surface area contributed by atoms with Crippen LogP contribution in [0.15, 0.2) is 47.1 Å². The van der Waals surface area contributed by atoms with Crippen molar-refractivity contribution in [1.29, 1.82) is 0 Å². The molecule has 21 heavy (non-hydrogen) atoms. The van der Waals surface area contributed by atoms with Crippen molar-refractivity contribution in [1.82, 2.24) is 15.1 Å². The number of anilines is 1. The minimum atomic E-state index is 0.521. The maximum Gasteiger partial charge on any atom is 0.260 e. The van der Waals surface area contributed by atoms with Gasteiger partial charge in [0.2, 0.25) is 0 Å². The molecule has 106 valence electrons. The Balaban J connectivity index is 1.81. The minimum Gasteiger partial charge on any atom is -0.379 e. The molecule has 0 fully saturated rings. The molecular formula is C16H16N4O. The highest BCUT2D eigenvalue weighted by Gasteiger charge is 2.10. The first-order chi connectivity index (χ1) is 10.2. The summed E-state index contributed by atoms with van der Waals surface area (Å²) < 4.78 is 5.24. The molecule has 0 saturated carbocycles. The number of aryl methyl sites for hydroxylation is 2. The van der Waals surface area contributed by atoms with E-state index in [2.05, 4.69) is 26.5 Å². The lowest BCUT2D eigenvalue weighted by Gasteiger charge is -2.09. The van der Waals surface area contributed by atoms with E-state index in [1.165, 1.54) is 0 Å². The van der Waals surface area contributed by atoms with Crippen molar-refractivity contribution in [2.45, 2.75) is 20.4 Å². The highest BCUT2D eigenvalue weighted by molar-refractivity contribution is 5.72. The monoisotopic (exact) mass is 280 g/mol. The van der Waals surface area contributed by atoms with Crippen LogP contribution in [0, 0.1) is 13.8 Å². The van der Waals surface area contributed by atoms with Crippen molar-refractivity contribution < 1.29 is 4.52 Å². The van der Waals surface area contributed by atoms with Gasteiger partial charge in [-0.3, -0.25) is 4.98 Å². The Kier molecular flexibility index (Phi) is 3.64. The largest absolute Gasteiger partial charge is 0.379 e. The molecule has 2 heterocycles. The van der Waals surface area contributed by atoms with Gasteiger partial charge in [0, 0.05) is 11.9 Å². The number of hydrogen-bond acceptors (Lipinski definition) is 5. The summed E-state index contributed by atoms with van der Waals surface area (Å²) in [5.41, 5.74) is 3.98. The third-order valence-electron chi connectivity index (χ3n) is 3.12. The summed E-state index contributed by atoms with van der Waals surface area (Å²) in [5, 5.41) is 7.20. The van der Waals surface area contributed by atoms with E-state index in [0.29, 0.717) is 18.3 Å². The first kappa shape index (κ1) is 13.3. The third-order valence-corrected chi connectivity index (χ3v) is 3.12. The predicted octanol–water partition coefficient (Wildman–Crippen LogP) is 3.36. The Morgan fingerprint density at radius 1 is 1.10 bits per heavy atom. The van der Waals surface area contributed by atoms with Crippen LogP contribution in [0.4, 0.5) is 5.69 Å². The number of pyridine rings is 1. The summed E-state index contributed by atoms with van der Waals surface area (Å²) in [4.78, 5) is 8.66. The van der Waals surface area contributed by atoms with Gasteiger partial charge >= 0.3 is 0 Å². The summed E-state index contributed by atoms with van der Waals surface area (Å²) in [5.74, 6) is 1.15. The molecular weight excluding hydrogens is 264 g/mol. The second kappa shape index (κ2) is 5.75. The number of para-hydroxylation sites is 1. The van der Waals surface area contributed by atoms with Crippen molar-refractivity contribution in [2.24, 2.45) is 0 Å². The highest BCUT2D eigenvalue weighted by atomic mass is 16.5. The molecule has 0 amide bonds. The van der Waals surface area contributed by atoms with Gasteiger partial charge in [-0.1, -0.05) is 23.4 Å². The third kappa shape index (κ3) is 3.08. The smallest absolute Gasteiger partial charge is 0.260 e. The summed E-state index contributed by atoms with van der Waals surface area (Å²) >= 11 is 0. The number of aromatic nitrogens is 3. The van der Waals surface area contributed by atoms with E-state index in [4.69, 9.17) is 4.52 Å². The predicted molar refractivity (Wildman–Crippen MR) is 80.8 cm³/mol. The summed E-state index contributed by atoms with van der Waals surface area (Å²) in [7, 11) is 0. The lowest BCUT2D eigenvalue weighted by Crippen LogP contribution is -2.02. The quantitative estimate of drug-likeness (QED) is 0.794. The molecule has 0 unspecified atom stereocenters.